The average Bonchev–Trinajstić information content (AvgIpc) is 2.34. The van der Waals surface area contributed by atoms with E-state index in [0.29, 0.717) is 0 Å². The summed E-state index contributed by atoms with van der Waals surface area (Å²) in [7, 11) is -4.08. The van der Waals surface area contributed by atoms with Gasteiger partial charge in [-0.2, -0.15) is 0 Å². The van der Waals surface area contributed by atoms with Crippen LogP contribution in [0.3, 0.4) is 0 Å². The van der Waals surface area contributed by atoms with Crippen LogP contribution < -0.4 is 10.5 Å². The SMILES string of the molecule is Cc1ccc(S(=O)(=O)Nc2cccc(F)c2F)c(N)c1. The highest BCUT2D eigenvalue weighted by atomic mass is 32.2. The minimum atomic E-state index is -4.08. The molecule has 2 rings (SSSR count). The molecular weight excluding hydrogens is 286 g/mol. The lowest BCUT2D eigenvalue weighted by Gasteiger charge is -2.11. The highest BCUT2D eigenvalue weighted by molar-refractivity contribution is 7.92. The van der Waals surface area contributed by atoms with E-state index in [2.05, 4.69) is 0 Å². The normalized spacial score (nSPS) is 11.3. The van der Waals surface area contributed by atoms with Crippen LogP contribution in [0.5, 0.6) is 0 Å². The van der Waals surface area contributed by atoms with E-state index in [1.807, 2.05) is 4.72 Å². The fourth-order valence-corrected chi connectivity index (χ4v) is 2.87. The largest absolute Gasteiger partial charge is 0.398 e. The van der Waals surface area contributed by atoms with E-state index in [1.165, 1.54) is 18.2 Å². The summed E-state index contributed by atoms with van der Waals surface area (Å²) < 4.78 is 52.7. The fourth-order valence-electron chi connectivity index (χ4n) is 1.69. The number of sulfonamides is 1. The highest BCUT2D eigenvalue weighted by Crippen LogP contribution is 2.24. The number of benzene rings is 2. The molecule has 7 heteroatoms. The second-order valence-electron chi connectivity index (χ2n) is 4.25. The summed E-state index contributed by atoms with van der Waals surface area (Å²) in [6.07, 6.45) is 0. The first kappa shape index (κ1) is 14.3. The van der Waals surface area contributed by atoms with Gasteiger partial charge in [0, 0.05) is 0 Å². The predicted octanol–water partition coefficient (Wildman–Crippen LogP) is 2.66. The van der Waals surface area contributed by atoms with Crippen molar-refractivity contribution in [3.05, 3.63) is 53.6 Å². The van der Waals surface area contributed by atoms with Crippen molar-refractivity contribution < 1.29 is 17.2 Å². The van der Waals surface area contributed by atoms with Crippen molar-refractivity contribution in [1.29, 1.82) is 0 Å². The van der Waals surface area contributed by atoms with Gasteiger partial charge in [-0.1, -0.05) is 12.1 Å². The third kappa shape index (κ3) is 2.72. The molecule has 0 unspecified atom stereocenters. The summed E-state index contributed by atoms with van der Waals surface area (Å²) >= 11 is 0. The van der Waals surface area contributed by atoms with Gasteiger partial charge in [0.1, 0.15) is 4.90 Å². The Morgan fingerprint density at radius 2 is 1.85 bits per heavy atom. The summed E-state index contributed by atoms with van der Waals surface area (Å²) in [5.41, 5.74) is 6.00. The molecular formula is C13H12F2N2O2S. The highest BCUT2D eigenvalue weighted by Gasteiger charge is 2.20. The van der Waals surface area contributed by atoms with E-state index in [0.717, 1.165) is 17.7 Å². The van der Waals surface area contributed by atoms with E-state index < -0.39 is 27.3 Å². The smallest absolute Gasteiger partial charge is 0.264 e. The van der Waals surface area contributed by atoms with Crippen LogP contribution in [0.1, 0.15) is 5.56 Å². The molecule has 0 saturated carbocycles. The van der Waals surface area contributed by atoms with Gasteiger partial charge in [-0.15, -0.1) is 0 Å². The third-order valence-electron chi connectivity index (χ3n) is 2.65. The Kier molecular flexibility index (Phi) is 3.63. The third-order valence-corrected chi connectivity index (χ3v) is 4.09. The van der Waals surface area contributed by atoms with E-state index in [4.69, 9.17) is 5.73 Å². The van der Waals surface area contributed by atoms with Gasteiger partial charge in [0.25, 0.3) is 10.0 Å². The Balaban J connectivity index is 2.44. The first-order valence-corrected chi connectivity index (χ1v) is 7.12. The molecule has 0 bridgehead atoms. The summed E-state index contributed by atoms with van der Waals surface area (Å²) in [6.45, 7) is 1.76. The Morgan fingerprint density at radius 3 is 2.50 bits per heavy atom. The van der Waals surface area contributed by atoms with Crippen LogP contribution in [-0.2, 0) is 10.0 Å². The van der Waals surface area contributed by atoms with Crippen LogP contribution >= 0.6 is 0 Å². The van der Waals surface area contributed by atoms with E-state index in [-0.39, 0.29) is 10.6 Å². The minimum Gasteiger partial charge on any atom is -0.398 e. The van der Waals surface area contributed by atoms with E-state index in [1.54, 1.807) is 13.0 Å². The molecule has 0 aliphatic heterocycles. The van der Waals surface area contributed by atoms with Crippen LogP contribution in [0.2, 0.25) is 0 Å². The van der Waals surface area contributed by atoms with Gasteiger partial charge in [0.05, 0.1) is 11.4 Å². The monoisotopic (exact) mass is 298 g/mol. The molecule has 2 aromatic carbocycles. The first-order chi connectivity index (χ1) is 9.31. The summed E-state index contributed by atoms with van der Waals surface area (Å²) in [5.74, 6) is -2.40. The molecule has 0 aliphatic carbocycles. The molecule has 0 spiro atoms. The zero-order valence-electron chi connectivity index (χ0n) is 10.5. The molecule has 4 nitrogen and oxygen atoms in total. The van der Waals surface area contributed by atoms with Crippen molar-refractivity contribution >= 4 is 21.4 Å². The van der Waals surface area contributed by atoms with Crippen LogP contribution in [0.25, 0.3) is 0 Å². The number of hydrogen-bond donors (Lipinski definition) is 2. The quantitative estimate of drug-likeness (QED) is 0.856. The van der Waals surface area contributed by atoms with E-state index >= 15 is 0 Å². The predicted molar refractivity (Wildman–Crippen MR) is 72.8 cm³/mol. The Hall–Kier alpha value is -2.15. The Bertz CT molecular complexity index is 761. The average molecular weight is 298 g/mol. The molecule has 0 atom stereocenters. The molecule has 0 aliphatic rings. The fraction of sp³-hybridized carbons (Fsp3) is 0.0769. The van der Waals surface area contributed by atoms with Gasteiger partial charge >= 0.3 is 0 Å². The number of nitrogens with two attached hydrogens (primary N) is 1. The number of rotatable bonds is 3. The molecule has 0 saturated heterocycles. The Morgan fingerprint density at radius 1 is 1.15 bits per heavy atom. The number of halogens is 2. The zero-order chi connectivity index (χ0) is 14.9. The van der Waals surface area contributed by atoms with Crippen molar-refractivity contribution in [3.63, 3.8) is 0 Å². The van der Waals surface area contributed by atoms with Gasteiger partial charge in [0.15, 0.2) is 11.6 Å². The van der Waals surface area contributed by atoms with Crippen molar-refractivity contribution in [1.82, 2.24) is 0 Å². The number of nitrogens with one attached hydrogen (secondary N) is 1. The maximum atomic E-state index is 13.5. The van der Waals surface area contributed by atoms with Crippen LogP contribution in [0, 0.1) is 18.6 Å². The van der Waals surface area contributed by atoms with Crippen molar-refractivity contribution in [3.8, 4) is 0 Å². The maximum Gasteiger partial charge on any atom is 0.264 e. The standard InChI is InChI=1S/C13H12F2N2O2S/c1-8-5-6-12(10(16)7-8)20(18,19)17-11-4-2-3-9(14)13(11)15/h2-7,17H,16H2,1H3. The molecule has 2 aromatic rings. The molecule has 0 heterocycles. The van der Waals surface area contributed by atoms with Gasteiger partial charge in [-0.25, -0.2) is 17.2 Å². The number of aryl methyl sites for hydroxylation is 1. The topological polar surface area (TPSA) is 72.2 Å². The summed E-state index contributed by atoms with van der Waals surface area (Å²) in [6, 6.07) is 7.58. The minimum absolute atomic E-state index is 0.0364. The maximum absolute atomic E-state index is 13.5. The lowest BCUT2D eigenvalue weighted by atomic mass is 10.2. The molecule has 0 radical (unpaired) electrons. The van der Waals surface area contributed by atoms with Crippen molar-refractivity contribution in [2.24, 2.45) is 0 Å². The number of hydrogen-bond acceptors (Lipinski definition) is 3. The summed E-state index contributed by atoms with van der Waals surface area (Å²) in [5, 5.41) is 0. The second kappa shape index (κ2) is 5.09. The number of anilines is 2. The van der Waals surface area contributed by atoms with Gasteiger partial charge in [-0.05, 0) is 36.8 Å². The van der Waals surface area contributed by atoms with Gasteiger partial charge in [-0.3, -0.25) is 4.72 Å². The second-order valence-corrected chi connectivity index (χ2v) is 5.90. The van der Waals surface area contributed by atoms with Gasteiger partial charge < -0.3 is 5.73 Å². The lowest BCUT2D eigenvalue weighted by molar-refractivity contribution is 0.511. The molecule has 106 valence electrons. The van der Waals surface area contributed by atoms with Crippen LogP contribution in [0.4, 0.5) is 20.2 Å². The lowest BCUT2D eigenvalue weighted by Crippen LogP contribution is -2.16. The van der Waals surface area contributed by atoms with Crippen LogP contribution in [0.15, 0.2) is 41.3 Å². The zero-order valence-corrected chi connectivity index (χ0v) is 11.3. The first-order valence-electron chi connectivity index (χ1n) is 5.64. The molecule has 0 fully saturated rings. The van der Waals surface area contributed by atoms with Crippen molar-refractivity contribution in [2.45, 2.75) is 11.8 Å². The Labute approximate surface area is 115 Å². The molecule has 3 N–H and O–H groups in total. The van der Waals surface area contributed by atoms with Crippen molar-refractivity contribution in [2.75, 3.05) is 10.5 Å². The van der Waals surface area contributed by atoms with Gasteiger partial charge in [0.2, 0.25) is 0 Å². The van der Waals surface area contributed by atoms with E-state index in [9.17, 15) is 17.2 Å². The molecule has 20 heavy (non-hydrogen) atoms. The molecule has 0 aromatic heterocycles. The molecule has 0 amide bonds. The number of nitrogen functional groups attached to an aromatic ring is 1. The summed E-state index contributed by atoms with van der Waals surface area (Å²) in [4.78, 5) is -0.188. The van der Waals surface area contributed by atoms with Crippen LogP contribution in [-0.4, -0.2) is 8.42 Å².